The van der Waals surface area contributed by atoms with Crippen molar-refractivity contribution >= 4 is 52.1 Å². The standard InChI is InChI=1S/C16H12Cl3N3O6/c1-9-3-2-4-10(7-9)14(23)20-15(16(17,18)19)28-13-6-5-11(21(24)25)8-12(13)22(26)27/h2-8,15H,1H3,(H,20,23). The van der Waals surface area contributed by atoms with Gasteiger partial charge < -0.3 is 10.1 Å². The minimum absolute atomic E-state index is 0.251. The monoisotopic (exact) mass is 447 g/mol. The number of nitrogens with zero attached hydrogens (tertiary/aromatic N) is 2. The maximum Gasteiger partial charge on any atom is 0.317 e. The molecule has 148 valence electrons. The van der Waals surface area contributed by atoms with Crippen LogP contribution < -0.4 is 10.1 Å². The molecule has 0 saturated heterocycles. The third-order valence-electron chi connectivity index (χ3n) is 3.43. The van der Waals surface area contributed by atoms with Crippen molar-refractivity contribution in [1.29, 1.82) is 0 Å². The summed E-state index contributed by atoms with van der Waals surface area (Å²) in [6.45, 7) is 1.78. The molecule has 0 saturated carbocycles. The number of hydrogen-bond acceptors (Lipinski definition) is 6. The van der Waals surface area contributed by atoms with E-state index in [9.17, 15) is 25.0 Å². The third-order valence-corrected chi connectivity index (χ3v) is 4.03. The fraction of sp³-hybridized carbons (Fsp3) is 0.188. The molecule has 0 aromatic heterocycles. The number of alkyl halides is 3. The second-order valence-electron chi connectivity index (χ2n) is 5.55. The number of aryl methyl sites for hydroxylation is 1. The van der Waals surface area contributed by atoms with Crippen LogP contribution in [0.1, 0.15) is 15.9 Å². The number of carbonyl (C=O) groups is 1. The molecule has 0 aliphatic rings. The number of nitrogens with one attached hydrogen (secondary N) is 1. The number of halogens is 3. The topological polar surface area (TPSA) is 125 Å². The fourth-order valence-electron chi connectivity index (χ4n) is 2.16. The van der Waals surface area contributed by atoms with Crippen molar-refractivity contribution in [2.24, 2.45) is 0 Å². The van der Waals surface area contributed by atoms with E-state index in [1.54, 1.807) is 25.1 Å². The second kappa shape index (κ2) is 8.59. The summed E-state index contributed by atoms with van der Waals surface area (Å²) in [5.74, 6) is -1.07. The molecule has 0 heterocycles. The van der Waals surface area contributed by atoms with E-state index in [1.165, 1.54) is 6.07 Å². The number of hydrogen-bond donors (Lipinski definition) is 1. The van der Waals surface area contributed by atoms with Crippen LogP contribution in [0.2, 0.25) is 0 Å². The number of ether oxygens (including phenoxy) is 1. The lowest BCUT2D eigenvalue weighted by Gasteiger charge is -2.26. The summed E-state index contributed by atoms with van der Waals surface area (Å²) in [4.78, 5) is 32.8. The third kappa shape index (κ3) is 5.44. The van der Waals surface area contributed by atoms with Crippen LogP contribution in [-0.2, 0) is 0 Å². The summed E-state index contributed by atoms with van der Waals surface area (Å²) in [6, 6.07) is 9.20. The Morgan fingerprint density at radius 3 is 2.32 bits per heavy atom. The molecule has 1 N–H and O–H groups in total. The summed E-state index contributed by atoms with van der Waals surface area (Å²) in [7, 11) is 0. The molecule has 0 radical (unpaired) electrons. The van der Waals surface area contributed by atoms with Gasteiger partial charge in [0.25, 0.3) is 11.6 Å². The molecule has 1 unspecified atom stereocenters. The predicted octanol–water partition coefficient (Wildman–Crippen LogP) is 4.32. The highest BCUT2D eigenvalue weighted by Gasteiger charge is 2.38. The molecule has 1 amide bonds. The van der Waals surface area contributed by atoms with Crippen molar-refractivity contribution in [3.8, 4) is 5.75 Å². The van der Waals surface area contributed by atoms with Crippen LogP contribution >= 0.6 is 34.8 Å². The number of amides is 1. The van der Waals surface area contributed by atoms with Crippen molar-refractivity contribution in [3.63, 3.8) is 0 Å². The van der Waals surface area contributed by atoms with Gasteiger partial charge in [-0.2, -0.15) is 0 Å². The van der Waals surface area contributed by atoms with Crippen molar-refractivity contribution in [2.75, 3.05) is 0 Å². The average Bonchev–Trinajstić information content (AvgIpc) is 2.60. The SMILES string of the molecule is Cc1cccc(C(=O)NC(Oc2ccc([N+](=O)[O-])cc2[N+](=O)[O-])C(Cl)(Cl)Cl)c1. The lowest BCUT2D eigenvalue weighted by molar-refractivity contribution is -0.394. The molecule has 0 fully saturated rings. The summed E-state index contributed by atoms with van der Waals surface area (Å²) < 4.78 is 3.14. The van der Waals surface area contributed by atoms with E-state index >= 15 is 0 Å². The molecule has 0 bridgehead atoms. The van der Waals surface area contributed by atoms with Crippen molar-refractivity contribution in [1.82, 2.24) is 5.32 Å². The fourth-order valence-corrected chi connectivity index (χ4v) is 2.45. The Hall–Kier alpha value is -2.62. The summed E-state index contributed by atoms with van der Waals surface area (Å²) in [6.07, 6.45) is -1.62. The zero-order valence-electron chi connectivity index (χ0n) is 14.1. The van der Waals surface area contributed by atoms with Gasteiger partial charge in [0.1, 0.15) is 0 Å². The maximum absolute atomic E-state index is 12.4. The van der Waals surface area contributed by atoms with Gasteiger partial charge in [0.15, 0.2) is 5.75 Å². The Labute approximate surface area is 173 Å². The van der Waals surface area contributed by atoms with Crippen molar-refractivity contribution < 1.29 is 19.4 Å². The number of rotatable bonds is 6. The minimum atomic E-state index is -2.20. The average molecular weight is 449 g/mol. The number of nitro groups is 2. The van der Waals surface area contributed by atoms with Gasteiger partial charge in [-0.25, -0.2) is 0 Å². The minimum Gasteiger partial charge on any atom is -0.459 e. The molecule has 2 aromatic rings. The Morgan fingerprint density at radius 1 is 1.11 bits per heavy atom. The quantitative estimate of drug-likeness (QED) is 0.304. The molecule has 28 heavy (non-hydrogen) atoms. The number of carbonyl (C=O) groups excluding carboxylic acids is 1. The summed E-state index contributed by atoms with van der Waals surface area (Å²) in [5.41, 5.74) is -0.183. The van der Waals surface area contributed by atoms with Crippen LogP contribution in [0.25, 0.3) is 0 Å². The van der Waals surface area contributed by atoms with Crippen LogP contribution in [0.5, 0.6) is 5.75 Å². The zero-order chi connectivity index (χ0) is 21.1. The van der Waals surface area contributed by atoms with Gasteiger partial charge in [-0.05, 0) is 25.1 Å². The van der Waals surface area contributed by atoms with E-state index in [4.69, 9.17) is 39.5 Å². The lowest BCUT2D eigenvalue weighted by Crippen LogP contribution is -2.47. The molecule has 0 spiro atoms. The first kappa shape index (κ1) is 21.7. The number of benzene rings is 2. The van der Waals surface area contributed by atoms with Crippen LogP contribution in [0.4, 0.5) is 11.4 Å². The Bertz CT molecular complexity index is 932. The molecule has 0 aliphatic heterocycles. The first-order valence-electron chi connectivity index (χ1n) is 7.53. The predicted molar refractivity (Wildman–Crippen MR) is 103 cm³/mol. The van der Waals surface area contributed by atoms with Gasteiger partial charge in [0.2, 0.25) is 10.0 Å². The molecule has 2 aromatic carbocycles. The van der Waals surface area contributed by atoms with Crippen LogP contribution in [0.15, 0.2) is 42.5 Å². The highest BCUT2D eigenvalue weighted by molar-refractivity contribution is 6.68. The molecule has 9 nitrogen and oxygen atoms in total. The molecular formula is C16H12Cl3N3O6. The first-order chi connectivity index (χ1) is 13.0. The Kier molecular flexibility index (Phi) is 6.65. The second-order valence-corrected chi connectivity index (χ2v) is 7.92. The lowest BCUT2D eigenvalue weighted by atomic mass is 10.1. The van der Waals surface area contributed by atoms with E-state index in [-0.39, 0.29) is 5.56 Å². The van der Waals surface area contributed by atoms with Gasteiger partial charge >= 0.3 is 5.69 Å². The van der Waals surface area contributed by atoms with Crippen LogP contribution in [0.3, 0.4) is 0 Å². The number of non-ortho nitro benzene ring substituents is 1. The smallest absolute Gasteiger partial charge is 0.317 e. The molecule has 12 heteroatoms. The summed E-state index contributed by atoms with van der Waals surface area (Å²) in [5, 5.41) is 24.4. The Morgan fingerprint density at radius 2 is 1.79 bits per heavy atom. The normalized spacial score (nSPS) is 12.1. The zero-order valence-corrected chi connectivity index (χ0v) is 16.4. The first-order valence-corrected chi connectivity index (χ1v) is 8.66. The molecule has 1 atom stereocenters. The number of nitro benzene ring substituents is 2. The van der Waals surface area contributed by atoms with Gasteiger partial charge in [-0.15, -0.1) is 0 Å². The highest BCUT2D eigenvalue weighted by Crippen LogP contribution is 2.36. The van der Waals surface area contributed by atoms with Gasteiger partial charge in [-0.3, -0.25) is 25.0 Å². The van der Waals surface area contributed by atoms with E-state index in [1.807, 2.05) is 0 Å². The van der Waals surface area contributed by atoms with Crippen molar-refractivity contribution in [2.45, 2.75) is 16.9 Å². The molecular weight excluding hydrogens is 437 g/mol. The summed E-state index contributed by atoms with van der Waals surface area (Å²) >= 11 is 17.5. The van der Waals surface area contributed by atoms with Crippen LogP contribution in [0, 0.1) is 27.2 Å². The van der Waals surface area contributed by atoms with E-state index < -0.39 is 42.9 Å². The van der Waals surface area contributed by atoms with E-state index in [2.05, 4.69) is 5.32 Å². The van der Waals surface area contributed by atoms with Gasteiger partial charge in [-0.1, -0.05) is 52.5 Å². The molecule has 2 rings (SSSR count). The molecule has 0 aliphatic carbocycles. The largest absolute Gasteiger partial charge is 0.459 e. The van der Waals surface area contributed by atoms with Gasteiger partial charge in [0.05, 0.1) is 15.9 Å². The van der Waals surface area contributed by atoms with E-state index in [0.717, 1.165) is 17.7 Å². The maximum atomic E-state index is 12.4. The highest BCUT2D eigenvalue weighted by atomic mass is 35.6. The van der Waals surface area contributed by atoms with Crippen molar-refractivity contribution in [3.05, 3.63) is 73.8 Å². The Balaban J connectivity index is 2.34. The van der Waals surface area contributed by atoms with E-state index in [0.29, 0.717) is 6.07 Å². The van der Waals surface area contributed by atoms with Gasteiger partial charge in [0, 0.05) is 11.6 Å². The van der Waals surface area contributed by atoms with Crippen LogP contribution in [-0.4, -0.2) is 25.8 Å².